The summed E-state index contributed by atoms with van der Waals surface area (Å²) in [7, 11) is 0. The summed E-state index contributed by atoms with van der Waals surface area (Å²) in [5, 5.41) is 30.7. The third-order valence-corrected chi connectivity index (χ3v) is 3.79. The van der Waals surface area contributed by atoms with Gasteiger partial charge in [-0.25, -0.2) is 14.8 Å². The van der Waals surface area contributed by atoms with Crippen LogP contribution in [0, 0.1) is 0 Å². The molecule has 0 spiro atoms. The fraction of sp³-hybridized carbons (Fsp3) is 0. The molecule has 9 heteroatoms. The normalized spacial score (nSPS) is 10.7. The molecular formula is C18H14N6O3. The fourth-order valence-electron chi connectivity index (χ4n) is 2.47. The number of phenols is 2. The summed E-state index contributed by atoms with van der Waals surface area (Å²) in [6, 6.07) is 12.1. The van der Waals surface area contributed by atoms with E-state index in [0.29, 0.717) is 28.4 Å². The second-order valence-corrected chi connectivity index (χ2v) is 5.70. The van der Waals surface area contributed by atoms with Crippen molar-refractivity contribution >= 4 is 28.7 Å². The number of aromatic amines is 1. The summed E-state index contributed by atoms with van der Waals surface area (Å²) in [5.74, 6) is 0.566. The number of rotatable bonds is 3. The molecule has 134 valence electrons. The molecule has 2 aromatic carbocycles. The Morgan fingerprint density at radius 3 is 2.30 bits per heavy atom. The minimum atomic E-state index is -0.497. The van der Waals surface area contributed by atoms with Gasteiger partial charge in [-0.2, -0.15) is 5.10 Å². The number of aromatic nitrogens is 4. The number of benzene rings is 2. The van der Waals surface area contributed by atoms with Crippen LogP contribution in [-0.4, -0.2) is 36.4 Å². The minimum Gasteiger partial charge on any atom is -0.508 e. The van der Waals surface area contributed by atoms with Crippen LogP contribution in [0.5, 0.6) is 11.5 Å². The lowest BCUT2D eigenvalue weighted by Gasteiger charge is -2.06. The number of nitrogens with zero attached hydrogens (tertiary/aromatic N) is 3. The van der Waals surface area contributed by atoms with E-state index in [9.17, 15) is 15.0 Å². The van der Waals surface area contributed by atoms with Crippen LogP contribution in [0.25, 0.3) is 22.4 Å². The molecule has 0 radical (unpaired) electrons. The van der Waals surface area contributed by atoms with Gasteiger partial charge in [0.15, 0.2) is 11.3 Å². The van der Waals surface area contributed by atoms with Gasteiger partial charge in [-0.3, -0.25) is 10.4 Å². The van der Waals surface area contributed by atoms with Crippen molar-refractivity contribution in [3.8, 4) is 22.8 Å². The number of aromatic hydroxyl groups is 2. The standard InChI is InChI=1S/C18H14N6O3/c25-12-5-1-10(2-6-12)14-9-19-16-15(21-14)17(24-23-16)22-18(27)20-11-3-7-13(26)8-4-11/h1-9,25-26H,(H3,19,20,22,23,24,27). The smallest absolute Gasteiger partial charge is 0.324 e. The van der Waals surface area contributed by atoms with Gasteiger partial charge in [0, 0.05) is 11.3 Å². The number of urea groups is 1. The van der Waals surface area contributed by atoms with Gasteiger partial charge in [-0.15, -0.1) is 0 Å². The largest absolute Gasteiger partial charge is 0.508 e. The molecule has 4 rings (SSSR count). The van der Waals surface area contributed by atoms with Crippen molar-refractivity contribution in [3.63, 3.8) is 0 Å². The summed E-state index contributed by atoms with van der Waals surface area (Å²) in [4.78, 5) is 20.9. The van der Waals surface area contributed by atoms with E-state index in [4.69, 9.17) is 0 Å². The van der Waals surface area contributed by atoms with Gasteiger partial charge in [-0.05, 0) is 48.5 Å². The number of amides is 2. The molecule has 27 heavy (non-hydrogen) atoms. The van der Waals surface area contributed by atoms with Crippen molar-refractivity contribution in [2.75, 3.05) is 10.6 Å². The molecule has 0 aliphatic heterocycles. The lowest BCUT2D eigenvalue weighted by atomic mass is 10.1. The highest BCUT2D eigenvalue weighted by atomic mass is 16.3. The zero-order valence-electron chi connectivity index (χ0n) is 13.8. The molecule has 0 saturated heterocycles. The molecule has 9 nitrogen and oxygen atoms in total. The van der Waals surface area contributed by atoms with Crippen molar-refractivity contribution in [1.82, 2.24) is 20.2 Å². The first-order chi connectivity index (χ1) is 13.1. The Balaban J connectivity index is 1.58. The summed E-state index contributed by atoms with van der Waals surface area (Å²) < 4.78 is 0. The minimum absolute atomic E-state index is 0.109. The maximum atomic E-state index is 12.2. The Labute approximate surface area is 152 Å². The van der Waals surface area contributed by atoms with Gasteiger partial charge < -0.3 is 15.5 Å². The number of carbonyl (C=O) groups is 1. The fourth-order valence-corrected chi connectivity index (χ4v) is 2.47. The molecule has 0 atom stereocenters. The summed E-state index contributed by atoms with van der Waals surface area (Å²) in [5.41, 5.74) is 2.62. The highest BCUT2D eigenvalue weighted by Gasteiger charge is 2.13. The van der Waals surface area contributed by atoms with Crippen molar-refractivity contribution in [3.05, 3.63) is 54.7 Å². The average Bonchev–Trinajstić information content (AvgIpc) is 3.06. The zero-order valence-corrected chi connectivity index (χ0v) is 13.8. The van der Waals surface area contributed by atoms with E-state index in [-0.39, 0.29) is 11.5 Å². The van der Waals surface area contributed by atoms with Gasteiger partial charge >= 0.3 is 6.03 Å². The van der Waals surface area contributed by atoms with Gasteiger partial charge in [0.2, 0.25) is 5.65 Å². The van der Waals surface area contributed by atoms with E-state index in [2.05, 4.69) is 30.8 Å². The van der Waals surface area contributed by atoms with Crippen molar-refractivity contribution in [2.45, 2.75) is 0 Å². The molecule has 2 aromatic heterocycles. The van der Waals surface area contributed by atoms with E-state index in [1.807, 2.05) is 0 Å². The Morgan fingerprint density at radius 2 is 1.59 bits per heavy atom. The Hall–Kier alpha value is -4.14. The molecule has 2 heterocycles. The maximum absolute atomic E-state index is 12.2. The Kier molecular flexibility index (Phi) is 4.01. The number of hydrogen-bond acceptors (Lipinski definition) is 6. The predicted octanol–water partition coefficient (Wildman–Crippen LogP) is 3.08. The maximum Gasteiger partial charge on any atom is 0.324 e. The van der Waals surface area contributed by atoms with Gasteiger partial charge in [0.05, 0.1) is 11.9 Å². The van der Waals surface area contributed by atoms with E-state index >= 15 is 0 Å². The number of H-pyrrole nitrogens is 1. The molecular weight excluding hydrogens is 348 g/mol. The van der Waals surface area contributed by atoms with Gasteiger partial charge in [-0.1, -0.05) is 0 Å². The first kappa shape index (κ1) is 16.3. The molecule has 0 unspecified atom stereocenters. The van der Waals surface area contributed by atoms with Gasteiger partial charge in [0.25, 0.3) is 0 Å². The Bertz CT molecular complexity index is 1110. The van der Waals surface area contributed by atoms with E-state index in [1.54, 1.807) is 42.6 Å². The topological polar surface area (TPSA) is 136 Å². The molecule has 0 aliphatic carbocycles. The van der Waals surface area contributed by atoms with Crippen LogP contribution in [0.4, 0.5) is 16.3 Å². The number of nitrogens with one attached hydrogen (secondary N) is 3. The molecule has 5 N–H and O–H groups in total. The van der Waals surface area contributed by atoms with Crippen molar-refractivity contribution in [2.24, 2.45) is 0 Å². The number of hydrogen-bond donors (Lipinski definition) is 5. The van der Waals surface area contributed by atoms with Crippen LogP contribution < -0.4 is 10.6 Å². The molecule has 4 aromatic rings. The van der Waals surface area contributed by atoms with E-state index < -0.39 is 6.03 Å². The first-order valence-corrected chi connectivity index (χ1v) is 7.96. The quantitative estimate of drug-likeness (QED) is 0.355. The monoisotopic (exact) mass is 362 g/mol. The first-order valence-electron chi connectivity index (χ1n) is 7.96. The zero-order chi connectivity index (χ0) is 18.8. The molecule has 0 aliphatic rings. The predicted molar refractivity (Wildman–Crippen MR) is 99.5 cm³/mol. The number of phenolic OH excluding ortho intramolecular Hbond substituents is 2. The van der Waals surface area contributed by atoms with E-state index in [1.165, 1.54) is 12.1 Å². The number of anilines is 2. The van der Waals surface area contributed by atoms with E-state index in [0.717, 1.165) is 5.56 Å². The summed E-state index contributed by atoms with van der Waals surface area (Å²) in [6.45, 7) is 0. The van der Waals surface area contributed by atoms with Crippen LogP contribution in [0.1, 0.15) is 0 Å². The molecule has 0 fully saturated rings. The molecule has 0 bridgehead atoms. The van der Waals surface area contributed by atoms with Crippen LogP contribution in [0.3, 0.4) is 0 Å². The number of fused-ring (bicyclic) bond motifs is 1. The van der Waals surface area contributed by atoms with Crippen LogP contribution in [0.15, 0.2) is 54.7 Å². The van der Waals surface area contributed by atoms with Crippen LogP contribution >= 0.6 is 0 Å². The third-order valence-electron chi connectivity index (χ3n) is 3.79. The second kappa shape index (κ2) is 6.64. The van der Waals surface area contributed by atoms with Crippen LogP contribution in [-0.2, 0) is 0 Å². The Morgan fingerprint density at radius 1 is 0.926 bits per heavy atom. The molecule has 0 saturated carbocycles. The lowest BCUT2D eigenvalue weighted by Crippen LogP contribution is -2.19. The summed E-state index contributed by atoms with van der Waals surface area (Å²) >= 11 is 0. The third kappa shape index (κ3) is 3.47. The van der Waals surface area contributed by atoms with Gasteiger partial charge in [0.1, 0.15) is 11.5 Å². The second-order valence-electron chi connectivity index (χ2n) is 5.70. The summed E-state index contributed by atoms with van der Waals surface area (Å²) in [6.07, 6.45) is 1.57. The van der Waals surface area contributed by atoms with Crippen molar-refractivity contribution < 1.29 is 15.0 Å². The lowest BCUT2D eigenvalue weighted by molar-refractivity contribution is 0.262. The SMILES string of the molecule is O=C(Nc1ccc(O)cc1)Nc1[nH]nc2ncc(-c3ccc(O)cc3)nc12. The average molecular weight is 362 g/mol. The highest BCUT2D eigenvalue weighted by molar-refractivity contribution is 6.03. The van der Waals surface area contributed by atoms with Crippen LogP contribution in [0.2, 0.25) is 0 Å². The molecule has 2 amide bonds. The van der Waals surface area contributed by atoms with Crippen molar-refractivity contribution in [1.29, 1.82) is 0 Å². The highest BCUT2D eigenvalue weighted by Crippen LogP contribution is 2.24. The number of carbonyl (C=O) groups excluding carboxylic acids is 1.